The lowest BCUT2D eigenvalue weighted by Gasteiger charge is -2.49. The number of nitrogens with one attached hydrogen (secondary N) is 1. The Bertz CT molecular complexity index is 581. The lowest BCUT2D eigenvalue weighted by Crippen LogP contribution is -2.63. The third kappa shape index (κ3) is 4.19. The fourth-order valence-corrected chi connectivity index (χ4v) is 3.93. The van der Waals surface area contributed by atoms with Crippen LogP contribution in [0.4, 0.5) is 5.82 Å². The minimum Gasteiger partial charge on any atom is -0.381 e. The molecule has 6 heteroatoms. The van der Waals surface area contributed by atoms with Gasteiger partial charge in [0.05, 0.1) is 0 Å². The van der Waals surface area contributed by atoms with Crippen molar-refractivity contribution >= 4 is 11.7 Å². The van der Waals surface area contributed by atoms with Crippen LogP contribution in [0.25, 0.3) is 0 Å². The number of pyridine rings is 1. The van der Waals surface area contributed by atoms with Gasteiger partial charge < -0.3 is 10.1 Å². The molecule has 0 unspecified atom stereocenters. The maximum absolute atomic E-state index is 12.7. The molecule has 3 heterocycles. The van der Waals surface area contributed by atoms with Gasteiger partial charge in [0.2, 0.25) is 5.91 Å². The molecule has 2 aliphatic heterocycles. The highest BCUT2D eigenvalue weighted by molar-refractivity contribution is 5.92. The van der Waals surface area contributed by atoms with Gasteiger partial charge >= 0.3 is 0 Å². The number of aryl methyl sites for hydroxylation is 1. The van der Waals surface area contributed by atoms with Crippen molar-refractivity contribution in [2.24, 2.45) is 0 Å². The van der Waals surface area contributed by atoms with Crippen molar-refractivity contribution in [2.45, 2.75) is 38.6 Å². The lowest BCUT2D eigenvalue weighted by molar-refractivity contribution is -0.119. The van der Waals surface area contributed by atoms with Crippen molar-refractivity contribution in [3.8, 4) is 0 Å². The summed E-state index contributed by atoms with van der Waals surface area (Å²) in [4.78, 5) is 21.8. The molecule has 25 heavy (non-hydrogen) atoms. The van der Waals surface area contributed by atoms with Crippen molar-refractivity contribution in [2.75, 3.05) is 50.8 Å². The van der Waals surface area contributed by atoms with E-state index in [0.29, 0.717) is 13.0 Å². The quantitative estimate of drug-likeness (QED) is 0.877. The average Bonchev–Trinajstić information content (AvgIpc) is 2.67. The zero-order valence-electron chi connectivity index (χ0n) is 15.5. The topological polar surface area (TPSA) is 57.7 Å². The third-order valence-electron chi connectivity index (χ3n) is 5.42. The smallest absolute Gasteiger partial charge is 0.227 e. The second-order valence-electron chi connectivity index (χ2n) is 7.04. The van der Waals surface area contributed by atoms with E-state index in [1.807, 2.05) is 36.9 Å². The molecule has 3 rings (SSSR count). The molecule has 6 nitrogen and oxygen atoms in total. The number of nitrogens with zero attached hydrogens (tertiary/aromatic N) is 3. The molecule has 0 spiro atoms. The van der Waals surface area contributed by atoms with E-state index in [0.717, 1.165) is 63.7 Å². The highest BCUT2D eigenvalue weighted by atomic mass is 16.5. The molecule has 1 amide bonds. The molecule has 2 saturated heterocycles. The van der Waals surface area contributed by atoms with Crippen LogP contribution in [-0.2, 0) is 9.53 Å². The molecule has 0 saturated carbocycles. The van der Waals surface area contributed by atoms with Gasteiger partial charge in [-0.25, -0.2) is 4.98 Å². The van der Waals surface area contributed by atoms with E-state index in [-0.39, 0.29) is 11.4 Å². The Labute approximate surface area is 150 Å². The first-order valence-electron chi connectivity index (χ1n) is 9.42. The van der Waals surface area contributed by atoms with Crippen LogP contribution in [0, 0.1) is 6.92 Å². The van der Waals surface area contributed by atoms with E-state index in [9.17, 15) is 4.79 Å². The summed E-state index contributed by atoms with van der Waals surface area (Å²) in [7, 11) is 0. The van der Waals surface area contributed by atoms with Gasteiger partial charge in [0.1, 0.15) is 5.82 Å². The van der Waals surface area contributed by atoms with Crippen LogP contribution in [0.1, 0.15) is 31.9 Å². The van der Waals surface area contributed by atoms with E-state index < -0.39 is 0 Å². The number of amides is 1. The number of hydrogen-bond acceptors (Lipinski definition) is 5. The van der Waals surface area contributed by atoms with Gasteiger partial charge in [0, 0.05) is 63.6 Å². The first kappa shape index (κ1) is 18.3. The summed E-state index contributed by atoms with van der Waals surface area (Å²) >= 11 is 0. The number of anilines is 1. The summed E-state index contributed by atoms with van der Waals surface area (Å²) in [5, 5.41) is 3.43. The lowest BCUT2D eigenvalue weighted by atomic mass is 9.86. The molecule has 0 aromatic carbocycles. The summed E-state index contributed by atoms with van der Waals surface area (Å²) in [6, 6.07) is 5.90. The molecule has 1 aromatic rings. The number of carbonyl (C=O) groups excluding carboxylic acids is 1. The first-order chi connectivity index (χ1) is 12.1. The van der Waals surface area contributed by atoms with E-state index >= 15 is 0 Å². The van der Waals surface area contributed by atoms with E-state index in [2.05, 4.69) is 15.2 Å². The molecular formula is C19H30N4O2. The standard InChI is InChI=1S/C19H30N4O2/c1-3-18(24)23(17-6-4-5-16(2)21-17)15-19(7-13-25-14-8-19)22-11-9-20-10-12-22/h4-6,20H,3,7-15H2,1-2H3. The molecule has 1 N–H and O–H groups in total. The second kappa shape index (κ2) is 8.25. The predicted octanol–water partition coefficient (Wildman–Crippen LogP) is 1.59. The molecule has 2 aliphatic rings. The maximum Gasteiger partial charge on any atom is 0.227 e. The van der Waals surface area contributed by atoms with Gasteiger partial charge in [-0.05, 0) is 31.9 Å². The zero-order valence-corrected chi connectivity index (χ0v) is 15.5. The van der Waals surface area contributed by atoms with Gasteiger partial charge in [0.15, 0.2) is 0 Å². The number of piperazine rings is 1. The fourth-order valence-electron chi connectivity index (χ4n) is 3.93. The van der Waals surface area contributed by atoms with Crippen molar-refractivity contribution in [1.82, 2.24) is 15.2 Å². The Morgan fingerprint density at radius 1 is 1.32 bits per heavy atom. The maximum atomic E-state index is 12.7. The Morgan fingerprint density at radius 3 is 2.68 bits per heavy atom. The molecule has 0 aliphatic carbocycles. The number of aromatic nitrogens is 1. The highest BCUT2D eigenvalue weighted by Gasteiger charge is 2.41. The molecule has 1 aromatic heterocycles. The normalized spacial score (nSPS) is 21.0. The van der Waals surface area contributed by atoms with Gasteiger partial charge in [-0.3, -0.25) is 14.6 Å². The Kier molecular flexibility index (Phi) is 6.04. The van der Waals surface area contributed by atoms with Gasteiger partial charge in [-0.2, -0.15) is 0 Å². The van der Waals surface area contributed by atoms with Gasteiger partial charge in [0.25, 0.3) is 0 Å². The van der Waals surface area contributed by atoms with Crippen LogP contribution < -0.4 is 10.2 Å². The van der Waals surface area contributed by atoms with Gasteiger partial charge in [-0.1, -0.05) is 13.0 Å². The predicted molar refractivity (Wildman–Crippen MR) is 98.8 cm³/mol. The molecule has 0 bridgehead atoms. The SMILES string of the molecule is CCC(=O)N(CC1(N2CCNCC2)CCOCC1)c1cccc(C)n1. The first-order valence-corrected chi connectivity index (χ1v) is 9.42. The zero-order chi connectivity index (χ0) is 17.7. The summed E-state index contributed by atoms with van der Waals surface area (Å²) in [6.07, 6.45) is 2.42. The molecular weight excluding hydrogens is 316 g/mol. The number of carbonyl (C=O) groups is 1. The third-order valence-corrected chi connectivity index (χ3v) is 5.42. The van der Waals surface area contributed by atoms with Gasteiger partial charge in [-0.15, -0.1) is 0 Å². The number of rotatable bonds is 5. The summed E-state index contributed by atoms with van der Waals surface area (Å²) < 4.78 is 5.65. The molecule has 0 radical (unpaired) electrons. The largest absolute Gasteiger partial charge is 0.381 e. The van der Waals surface area contributed by atoms with Crippen LogP contribution in [0.3, 0.4) is 0 Å². The molecule has 0 atom stereocenters. The monoisotopic (exact) mass is 346 g/mol. The van der Waals surface area contributed by atoms with E-state index in [1.165, 1.54) is 0 Å². The van der Waals surface area contributed by atoms with Crippen LogP contribution >= 0.6 is 0 Å². The molecule has 2 fully saturated rings. The Morgan fingerprint density at radius 2 is 2.04 bits per heavy atom. The number of ether oxygens (including phenoxy) is 1. The Balaban J connectivity index is 1.89. The number of hydrogen-bond donors (Lipinski definition) is 1. The van der Waals surface area contributed by atoms with Crippen LogP contribution in [0.5, 0.6) is 0 Å². The summed E-state index contributed by atoms with van der Waals surface area (Å²) in [5.74, 6) is 0.909. The van der Waals surface area contributed by atoms with Crippen molar-refractivity contribution in [3.63, 3.8) is 0 Å². The van der Waals surface area contributed by atoms with Crippen LogP contribution in [0.2, 0.25) is 0 Å². The Hall–Kier alpha value is -1.50. The fraction of sp³-hybridized carbons (Fsp3) is 0.684. The van der Waals surface area contributed by atoms with Crippen LogP contribution in [-0.4, -0.2) is 67.3 Å². The van der Waals surface area contributed by atoms with E-state index in [1.54, 1.807) is 0 Å². The van der Waals surface area contributed by atoms with Crippen molar-refractivity contribution in [3.05, 3.63) is 23.9 Å². The van der Waals surface area contributed by atoms with Crippen molar-refractivity contribution < 1.29 is 9.53 Å². The molecule has 138 valence electrons. The second-order valence-corrected chi connectivity index (χ2v) is 7.04. The van der Waals surface area contributed by atoms with E-state index in [4.69, 9.17) is 4.74 Å². The summed E-state index contributed by atoms with van der Waals surface area (Å²) in [5.41, 5.74) is 0.922. The minimum atomic E-state index is -0.0173. The highest BCUT2D eigenvalue weighted by Crippen LogP contribution is 2.31. The minimum absolute atomic E-state index is 0.0173. The van der Waals surface area contributed by atoms with Crippen molar-refractivity contribution in [1.29, 1.82) is 0 Å². The average molecular weight is 346 g/mol. The van der Waals surface area contributed by atoms with Crippen LogP contribution in [0.15, 0.2) is 18.2 Å². The summed E-state index contributed by atoms with van der Waals surface area (Å²) in [6.45, 7) is 10.2.